The molecule has 0 bridgehead atoms. The minimum Gasteiger partial charge on any atom is -0.477 e. The minimum absolute atomic E-state index is 0.0151. The maximum absolute atomic E-state index is 12.8. The molecule has 0 amide bonds. The fourth-order valence-electron chi connectivity index (χ4n) is 1.77. The number of ketones is 1. The van der Waals surface area contributed by atoms with Gasteiger partial charge in [0.15, 0.2) is 5.78 Å². The highest BCUT2D eigenvalue weighted by molar-refractivity contribution is 6.01. The molecule has 1 heterocycles. The summed E-state index contributed by atoms with van der Waals surface area (Å²) in [6.07, 6.45) is -4.90. The van der Waals surface area contributed by atoms with Crippen LogP contribution in [0.1, 0.15) is 34.1 Å². The van der Waals surface area contributed by atoms with Gasteiger partial charge in [0.05, 0.1) is 12.0 Å². The Hall–Kier alpha value is -1.85. The fraction of sp³-hybridized carbons (Fsp3) is 0.333. The third-order valence-electron chi connectivity index (χ3n) is 2.87. The molecule has 0 spiro atoms. The maximum Gasteiger partial charge on any atom is 0.428 e. The summed E-state index contributed by atoms with van der Waals surface area (Å²) < 4.78 is 43.3. The lowest BCUT2D eigenvalue weighted by atomic mass is 9.90. The van der Waals surface area contributed by atoms with Crippen LogP contribution in [0.3, 0.4) is 0 Å². The van der Waals surface area contributed by atoms with Crippen LogP contribution in [-0.2, 0) is 0 Å². The summed E-state index contributed by atoms with van der Waals surface area (Å²) in [5.74, 6) is -0.823. The summed E-state index contributed by atoms with van der Waals surface area (Å²) in [5.41, 5.74) is -2.28. The van der Waals surface area contributed by atoms with Crippen molar-refractivity contribution in [1.82, 2.24) is 0 Å². The first-order valence-corrected chi connectivity index (χ1v) is 5.15. The first-order chi connectivity index (χ1) is 8.27. The smallest absolute Gasteiger partial charge is 0.428 e. The number of Topliss-reactive ketones (excluding diaryl/α,β-unsaturated/α-hetero) is 1. The van der Waals surface area contributed by atoms with E-state index in [9.17, 15) is 22.8 Å². The van der Waals surface area contributed by atoms with Gasteiger partial charge in [0.1, 0.15) is 12.0 Å². The lowest BCUT2D eigenvalue weighted by Gasteiger charge is -2.36. The zero-order chi connectivity index (χ0) is 13.6. The number of rotatable bonds is 1. The van der Waals surface area contributed by atoms with Crippen LogP contribution in [0, 0.1) is 0 Å². The van der Waals surface area contributed by atoms with Gasteiger partial charge < -0.3 is 4.74 Å². The predicted molar refractivity (Wildman–Crippen MR) is 55.9 cm³/mol. The molecule has 1 aromatic rings. The van der Waals surface area contributed by atoms with Crippen molar-refractivity contribution in [3.8, 4) is 5.75 Å². The summed E-state index contributed by atoms with van der Waals surface area (Å²) in [6.45, 7) is 0.835. The highest BCUT2D eigenvalue weighted by Crippen LogP contribution is 2.42. The second-order valence-corrected chi connectivity index (χ2v) is 4.30. The van der Waals surface area contributed by atoms with Gasteiger partial charge >= 0.3 is 6.18 Å². The van der Waals surface area contributed by atoms with Crippen molar-refractivity contribution in [3.63, 3.8) is 0 Å². The quantitative estimate of drug-likeness (QED) is 0.727. The molecule has 1 aliphatic rings. The van der Waals surface area contributed by atoms with E-state index in [-0.39, 0.29) is 16.9 Å². The van der Waals surface area contributed by atoms with E-state index in [1.54, 1.807) is 0 Å². The average molecular weight is 258 g/mol. The van der Waals surface area contributed by atoms with Crippen LogP contribution < -0.4 is 4.74 Å². The molecule has 0 radical (unpaired) electrons. The van der Waals surface area contributed by atoms with Crippen molar-refractivity contribution in [2.45, 2.75) is 25.1 Å². The largest absolute Gasteiger partial charge is 0.477 e. The molecule has 1 aliphatic heterocycles. The monoisotopic (exact) mass is 258 g/mol. The van der Waals surface area contributed by atoms with E-state index in [1.165, 1.54) is 18.2 Å². The Bertz CT molecular complexity index is 522. The zero-order valence-electron chi connectivity index (χ0n) is 9.38. The summed E-state index contributed by atoms with van der Waals surface area (Å²) in [5, 5.41) is 0. The van der Waals surface area contributed by atoms with Gasteiger partial charge in [-0.2, -0.15) is 13.2 Å². The molecule has 0 fully saturated rings. The number of hydrogen-bond acceptors (Lipinski definition) is 3. The van der Waals surface area contributed by atoms with Gasteiger partial charge in [0.25, 0.3) is 0 Å². The SMILES string of the molecule is CC1(C(F)(F)F)CC(=O)c2cc(C=O)ccc2O1. The summed E-state index contributed by atoms with van der Waals surface area (Å²) in [7, 11) is 0. The highest BCUT2D eigenvalue weighted by atomic mass is 19.4. The topological polar surface area (TPSA) is 43.4 Å². The molecule has 0 aliphatic carbocycles. The molecule has 1 unspecified atom stereocenters. The number of aldehydes is 1. The Morgan fingerprint density at radius 3 is 2.61 bits per heavy atom. The lowest BCUT2D eigenvalue weighted by molar-refractivity contribution is -0.241. The predicted octanol–water partition coefficient (Wildman–Crippen LogP) is 2.79. The van der Waals surface area contributed by atoms with Crippen molar-refractivity contribution in [3.05, 3.63) is 29.3 Å². The first-order valence-electron chi connectivity index (χ1n) is 5.15. The maximum atomic E-state index is 12.8. The number of carbonyl (C=O) groups excluding carboxylic acids is 2. The van der Waals surface area contributed by atoms with Gasteiger partial charge in [-0.1, -0.05) is 0 Å². The minimum atomic E-state index is -4.64. The fourth-order valence-corrected chi connectivity index (χ4v) is 1.77. The van der Waals surface area contributed by atoms with Crippen molar-refractivity contribution in [1.29, 1.82) is 0 Å². The summed E-state index contributed by atoms with van der Waals surface area (Å²) >= 11 is 0. The number of hydrogen-bond donors (Lipinski definition) is 0. The molecule has 0 saturated heterocycles. The van der Waals surface area contributed by atoms with Gasteiger partial charge in [-0.3, -0.25) is 9.59 Å². The molecule has 96 valence electrons. The van der Waals surface area contributed by atoms with Crippen LogP contribution in [0.2, 0.25) is 0 Å². The number of carbonyl (C=O) groups is 2. The van der Waals surface area contributed by atoms with E-state index in [2.05, 4.69) is 0 Å². The van der Waals surface area contributed by atoms with Gasteiger partial charge in [0, 0.05) is 5.56 Å². The highest BCUT2D eigenvalue weighted by Gasteiger charge is 2.56. The molecule has 0 N–H and O–H groups in total. The Labute approximate surface area is 101 Å². The Morgan fingerprint density at radius 1 is 1.39 bits per heavy atom. The van der Waals surface area contributed by atoms with Gasteiger partial charge in [0.2, 0.25) is 5.60 Å². The first kappa shape index (κ1) is 12.6. The van der Waals surface area contributed by atoms with Gasteiger partial charge in [-0.25, -0.2) is 0 Å². The molecular weight excluding hydrogens is 249 g/mol. The van der Waals surface area contributed by atoms with Crippen LogP contribution in [0.15, 0.2) is 18.2 Å². The Kier molecular flexibility index (Phi) is 2.68. The summed E-state index contributed by atoms with van der Waals surface area (Å²) in [6, 6.07) is 3.75. The van der Waals surface area contributed by atoms with E-state index < -0.39 is 24.0 Å². The molecule has 2 rings (SSSR count). The van der Waals surface area contributed by atoms with Crippen molar-refractivity contribution in [2.75, 3.05) is 0 Å². The van der Waals surface area contributed by atoms with E-state index >= 15 is 0 Å². The van der Waals surface area contributed by atoms with Crippen LogP contribution in [0.4, 0.5) is 13.2 Å². The third-order valence-corrected chi connectivity index (χ3v) is 2.87. The standard InChI is InChI=1S/C12H9F3O3/c1-11(12(13,14)15)5-9(17)8-4-7(6-16)2-3-10(8)18-11/h2-4,6H,5H2,1H3. The zero-order valence-corrected chi connectivity index (χ0v) is 9.38. The number of fused-ring (bicyclic) bond motifs is 1. The molecule has 0 saturated carbocycles. The normalized spacial score (nSPS) is 23.2. The van der Waals surface area contributed by atoms with Crippen LogP contribution in [-0.4, -0.2) is 23.8 Å². The van der Waals surface area contributed by atoms with Crippen LogP contribution in [0.5, 0.6) is 5.75 Å². The number of ether oxygens (including phenoxy) is 1. The Morgan fingerprint density at radius 2 is 2.06 bits per heavy atom. The molecule has 6 heteroatoms. The Balaban J connectivity index is 2.48. The van der Waals surface area contributed by atoms with E-state index in [0.29, 0.717) is 6.29 Å². The van der Waals surface area contributed by atoms with E-state index in [4.69, 9.17) is 4.74 Å². The van der Waals surface area contributed by atoms with E-state index in [1.807, 2.05) is 0 Å². The van der Waals surface area contributed by atoms with Crippen LogP contribution >= 0.6 is 0 Å². The van der Waals surface area contributed by atoms with E-state index in [0.717, 1.165) is 6.92 Å². The molecular formula is C12H9F3O3. The second-order valence-electron chi connectivity index (χ2n) is 4.30. The van der Waals surface area contributed by atoms with Gasteiger partial charge in [-0.05, 0) is 25.1 Å². The molecule has 1 aromatic carbocycles. The number of benzene rings is 1. The number of halogens is 3. The van der Waals surface area contributed by atoms with Crippen LogP contribution in [0.25, 0.3) is 0 Å². The average Bonchev–Trinajstić information content (AvgIpc) is 2.27. The number of alkyl halides is 3. The third kappa shape index (κ3) is 1.87. The van der Waals surface area contributed by atoms with Crippen molar-refractivity contribution in [2.24, 2.45) is 0 Å². The molecule has 18 heavy (non-hydrogen) atoms. The molecule has 3 nitrogen and oxygen atoms in total. The second kappa shape index (κ2) is 3.83. The van der Waals surface area contributed by atoms with Crippen molar-refractivity contribution >= 4 is 12.1 Å². The molecule has 1 atom stereocenters. The summed E-state index contributed by atoms with van der Waals surface area (Å²) in [4.78, 5) is 22.3. The molecule has 0 aromatic heterocycles. The van der Waals surface area contributed by atoms with Gasteiger partial charge in [-0.15, -0.1) is 0 Å². The van der Waals surface area contributed by atoms with Crippen molar-refractivity contribution < 1.29 is 27.5 Å². The lowest BCUT2D eigenvalue weighted by Crippen LogP contribution is -2.51.